The van der Waals surface area contributed by atoms with Gasteiger partial charge in [0.1, 0.15) is 17.6 Å². The van der Waals surface area contributed by atoms with Crippen molar-refractivity contribution in [1.29, 1.82) is 0 Å². The topological polar surface area (TPSA) is 87.9 Å². The maximum absolute atomic E-state index is 13.4. The van der Waals surface area contributed by atoms with Crippen LogP contribution in [0.1, 0.15) is 17.7 Å². The summed E-state index contributed by atoms with van der Waals surface area (Å²) < 4.78 is 46.5. The highest BCUT2D eigenvalue weighted by molar-refractivity contribution is 7.89. The first kappa shape index (κ1) is 21.0. The molecule has 7 nitrogen and oxygen atoms in total. The van der Waals surface area contributed by atoms with Gasteiger partial charge in [0, 0.05) is 0 Å². The van der Waals surface area contributed by atoms with Crippen molar-refractivity contribution < 1.29 is 26.8 Å². The summed E-state index contributed by atoms with van der Waals surface area (Å²) in [5.41, 5.74) is 1.07. The largest absolute Gasteiger partial charge is 0.468 e. The second kappa shape index (κ2) is 8.09. The summed E-state index contributed by atoms with van der Waals surface area (Å²) in [5, 5.41) is 0. The normalized spacial score (nSPS) is 17.0. The molecule has 0 N–H and O–H groups in total. The molecular formula is C22H19FN2O5S. The van der Waals surface area contributed by atoms with Crippen LogP contribution in [0.3, 0.4) is 0 Å². The smallest absolute Gasteiger partial charge is 0.252 e. The molecule has 2 aromatic carbocycles. The van der Waals surface area contributed by atoms with Crippen LogP contribution in [-0.2, 0) is 26.2 Å². The maximum atomic E-state index is 13.4. The molecule has 1 aliphatic rings. The average molecular weight is 442 g/mol. The highest BCUT2D eigenvalue weighted by Crippen LogP contribution is 2.31. The summed E-state index contributed by atoms with van der Waals surface area (Å²) in [4.78, 5) is 26.7. The standard InChI is InChI=1S/C22H19FN2O5S/c1-15-4-10-19(11-5-15)31(28,29)24(14-18-3-2-12-30-18)20-13-21(26)25(22(20)27)17-8-6-16(23)7-9-17/h2-12,20H,13-14H2,1H3. The number of aryl methyl sites for hydroxylation is 1. The number of carbonyl (C=O) groups is 2. The van der Waals surface area contributed by atoms with Crippen LogP contribution in [0.2, 0.25) is 0 Å². The fourth-order valence-corrected chi connectivity index (χ4v) is 5.01. The fourth-order valence-electron chi connectivity index (χ4n) is 3.47. The molecule has 1 aliphatic heterocycles. The Kier molecular flexibility index (Phi) is 5.47. The maximum Gasteiger partial charge on any atom is 0.252 e. The van der Waals surface area contributed by atoms with Crippen molar-refractivity contribution >= 4 is 27.5 Å². The predicted octanol–water partition coefficient (Wildman–Crippen LogP) is 3.25. The van der Waals surface area contributed by atoms with Crippen LogP contribution in [-0.4, -0.2) is 30.6 Å². The zero-order valence-electron chi connectivity index (χ0n) is 16.6. The molecule has 0 aliphatic carbocycles. The van der Waals surface area contributed by atoms with Gasteiger partial charge < -0.3 is 4.42 Å². The number of amides is 2. The lowest BCUT2D eigenvalue weighted by Gasteiger charge is -2.26. The van der Waals surface area contributed by atoms with Crippen LogP contribution in [0.15, 0.2) is 76.2 Å². The van der Waals surface area contributed by atoms with Crippen molar-refractivity contribution in [3.8, 4) is 0 Å². The molecular weight excluding hydrogens is 423 g/mol. The Bertz CT molecular complexity index is 1210. The highest BCUT2D eigenvalue weighted by atomic mass is 32.2. The van der Waals surface area contributed by atoms with Gasteiger partial charge in [0.2, 0.25) is 15.9 Å². The van der Waals surface area contributed by atoms with Crippen LogP contribution in [0, 0.1) is 12.7 Å². The van der Waals surface area contributed by atoms with Gasteiger partial charge in [-0.3, -0.25) is 9.59 Å². The van der Waals surface area contributed by atoms with E-state index in [1.807, 2.05) is 6.92 Å². The van der Waals surface area contributed by atoms with E-state index in [0.29, 0.717) is 5.76 Å². The number of hydrogen-bond acceptors (Lipinski definition) is 5. The minimum atomic E-state index is -4.13. The molecule has 1 fully saturated rings. The van der Waals surface area contributed by atoms with Gasteiger partial charge in [0.05, 0.1) is 29.8 Å². The zero-order chi connectivity index (χ0) is 22.2. The van der Waals surface area contributed by atoms with E-state index >= 15 is 0 Å². The number of furan rings is 1. The third-order valence-corrected chi connectivity index (χ3v) is 6.94. The van der Waals surface area contributed by atoms with E-state index in [4.69, 9.17) is 4.42 Å². The Morgan fingerprint density at radius 2 is 1.74 bits per heavy atom. The number of hydrogen-bond donors (Lipinski definition) is 0. The Labute approximate surface area is 178 Å². The predicted molar refractivity (Wildman–Crippen MR) is 110 cm³/mol. The molecule has 4 rings (SSSR count). The van der Waals surface area contributed by atoms with Crippen molar-refractivity contribution in [3.63, 3.8) is 0 Å². The van der Waals surface area contributed by atoms with Crippen LogP contribution in [0.25, 0.3) is 0 Å². The van der Waals surface area contributed by atoms with Gasteiger partial charge in [-0.25, -0.2) is 17.7 Å². The Hall–Kier alpha value is -3.30. The van der Waals surface area contributed by atoms with E-state index < -0.39 is 33.7 Å². The van der Waals surface area contributed by atoms with Gasteiger partial charge >= 0.3 is 0 Å². The first-order valence-electron chi connectivity index (χ1n) is 9.50. The number of sulfonamides is 1. The molecule has 1 atom stereocenters. The van der Waals surface area contributed by atoms with E-state index in [9.17, 15) is 22.4 Å². The van der Waals surface area contributed by atoms with Crippen molar-refractivity contribution in [2.24, 2.45) is 0 Å². The zero-order valence-corrected chi connectivity index (χ0v) is 17.4. The van der Waals surface area contributed by atoms with Gasteiger partial charge in [-0.15, -0.1) is 0 Å². The van der Waals surface area contributed by atoms with Crippen LogP contribution in [0.4, 0.5) is 10.1 Å². The molecule has 0 bridgehead atoms. The summed E-state index contributed by atoms with van der Waals surface area (Å²) in [7, 11) is -4.13. The Morgan fingerprint density at radius 1 is 1.06 bits per heavy atom. The Balaban J connectivity index is 1.73. The lowest BCUT2D eigenvalue weighted by Crippen LogP contribution is -2.45. The third-order valence-electron chi connectivity index (χ3n) is 5.07. The summed E-state index contributed by atoms with van der Waals surface area (Å²) >= 11 is 0. The minimum absolute atomic E-state index is 0.00476. The highest BCUT2D eigenvalue weighted by Gasteiger charge is 2.47. The molecule has 0 radical (unpaired) electrons. The molecule has 160 valence electrons. The monoisotopic (exact) mass is 442 g/mol. The number of rotatable bonds is 6. The molecule has 1 saturated heterocycles. The Morgan fingerprint density at radius 3 is 2.35 bits per heavy atom. The number of carbonyl (C=O) groups excluding carboxylic acids is 2. The minimum Gasteiger partial charge on any atom is -0.468 e. The number of halogens is 1. The third kappa shape index (κ3) is 4.01. The van der Waals surface area contributed by atoms with E-state index in [1.54, 1.807) is 24.3 Å². The van der Waals surface area contributed by atoms with Crippen molar-refractivity contribution in [1.82, 2.24) is 4.31 Å². The van der Waals surface area contributed by atoms with Crippen LogP contribution >= 0.6 is 0 Å². The first-order chi connectivity index (χ1) is 14.8. The van der Waals surface area contributed by atoms with E-state index in [-0.39, 0.29) is 23.5 Å². The summed E-state index contributed by atoms with van der Waals surface area (Å²) in [6.07, 6.45) is 1.07. The van der Waals surface area contributed by atoms with E-state index in [1.165, 1.54) is 30.5 Å². The van der Waals surface area contributed by atoms with Crippen LogP contribution < -0.4 is 4.90 Å². The van der Waals surface area contributed by atoms with E-state index in [0.717, 1.165) is 26.9 Å². The first-order valence-corrected chi connectivity index (χ1v) is 10.9. The SMILES string of the molecule is Cc1ccc(S(=O)(=O)N(Cc2ccco2)C2CC(=O)N(c3ccc(F)cc3)C2=O)cc1. The molecule has 1 unspecified atom stereocenters. The number of imide groups is 1. The quantitative estimate of drug-likeness (QED) is 0.547. The molecule has 0 spiro atoms. The van der Waals surface area contributed by atoms with Gasteiger partial charge in [-0.05, 0) is 55.5 Å². The summed E-state index contributed by atoms with van der Waals surface area (Å²) in [5.74, 6) is -1.44. The number of anilines is 1. The summed E-state index contributed by atoms with van der Waals surface area (Å²) in [6.45, 7) is 1.61. The van der Waals surface area contributed by atoms with Gasteiger partial charge in [0.25, 0.3) is 5.91 Å². The summed E-state index contributed by atoms with van der Waals surface area (Å²) in [6, 6.07) is 13.0. The number of nitrogens with zero attached hydrogens (tertiary/aromatic N) is 2. The van der Waals surface area contributed by atoms with Crippen molar-refractivity contribution in [2.75, 3.05) is 4.90 Å². The lowest BCUT2D eigenvalue weighted by molar-refractivity contribution is -0.122. The van der Waals surface area contributed by atoms with Crippen molar-refractivity contribution in [2.45, 2.75) is 30.8 Å². The fraction of sp³-hybridized carbons (Fsp3) is 0.182. The molecule has 9 heteroatoms. The lowest BCUT2D eigenvalue weighted by atomic mass is 10.2. The number of benzene rings is 2. The van der Waals surface area contributed by atoms with E-state index in [2.05, 4.69) is 0 Å². The second-order valence-corrected chi connectivity index (χ2v) is 9.10. The molecule has 0 saturated carbocycles. The second-order valence-electron chi connectivity index (χ2n) is 7.21. The van der Waals surface area contributed by atoms with Gasteiger partial charge in [0.15, 0.2) is 0 Å². The molecule has 3 aromatic rings. The van der Waals surface area contributed by atoms with Gasteiger partial charge in [-0.2, -0.15) is 4.31 Å². The van der Waals surface area contributed by atoms with Gasteiger partial charge in [-0.1, -0.05) is 17.7 Å². The molecule has 2 heterocycles. The molecule has 2 amide bonds. The molecule has 31 heavy (non-hydrogen) atoms. The van der Waals surface area contributed by atoms with Crippen molar-refractivity contribution in [3.05, 3.63) is 84.1 Å². The molecule has 1 aromatic heterocycles. The van der Waals surface area contributed by atoms with Crippen LogP contribution in [0.5, 0.6) is 0 Å². The average Bonchev–Trinajstić information content (AvgIpc) is 3.35.